The Morgan fingerprint density at radius 1 is 1.18 bits per heavy atom. The molecule has 1 aliphatic heterocycles. The Hall–Kier alpha value is -3.02. The second-order valence-corrected chi connectivity index (χ2v) is 7.17. The van der Waals surface area contributed by atoms with E-state index in [9.17, 15) is 4.79 Å². The number of nitrogens with one attached hydrogen (secondary N) is 3. The lowest BCUT2D eigenvalue weighted by atomic mass is 9.90. The summed E-state index contributed by atoms with van der Waals surface area (Å²) in [5.74, 6) is 0.941. The summed E-state index contributed by atoms with van der Waals surface area (Å²) in [4.78, 5) is 18.5. The van der Waals surface area contributed by atoms with Crippen LogP contribution in [0.3, 0.4) is 0 Å². The van der Waals surface area contributed by atoms with Crippen LogP contribution in [-0.4, -0.2) is 45.1 Å². The zero-order valence-corrected chi connectivity index (χ0v) is 16.8. The van der Waals surface area contributed by atoms with Crippen LogP contribution in [0.15, 0.2) is 59.6 Å². The van der Waals surface area contributed by atoms with Gasteiger partial charge in [-0.1, -0.05) is 36.4 Å². The third kappa shape index (κ3) is 4.82. The van der Waals surface area contributed by atoms with E-state index >= 15 is 0 Å². The van der Waals surface area contributed by atoms with Gasteiger partial charge in [0.25, 0.3) is 0 Å². The number of hydrogen-bond donors (Lipinski definition) is 3. The molecule has 1 heterocycles. The molecule has 28 heavy (non-hydrogen) atoms. The molecule has 148 valence electrons. The van der Waals surface area contributed by atoms with E-state index in [2.05, 4.69) is 58.0 Å². The van der Waals surface area contributed by atoms with Gasteiger partial charge in [0.2, 0.25) is 5.91 Å². The lowest BCUT2D eigenvalue weighted by molar-refractivity contribution is -0.116. The molecule has 0 aliphatic carbocycles. The fourth-order valence-corrected chi connectivity index (χ4v) is 3.42. The number of hydrogen-bond acceptors (Lipinski definition) is 3. The number of benzene rings is 2. The number of para-hydroxylation sites is 2. The van der Waals surface area contributed by atoms with Crippen molar-refractivity contribution in [2.75, 3.05) is 37.4 Å². The number of likely N-dealkylation sites (N-methyl/N-ethyl adjacent to an activating group) is 1. The molecule has 3 N–H and O–H groups in total. The van der Waals surface area contributed by atoms with Crippen molar-refractivity contribution >= 4 is 23.2 Å². The van der Waals surface area contributed by atoms with Crippen molar-refractivity contribution in [3.05, 3.63) is 60.2 Å². The molecule has 0 fully saturated rings. The van der Waals surface area contributed by atoms with Gasteiger partial charge in [-0.15, -0.1) is 0 Å². The van der Waals surface area contributed by atoms with E-state index in [0.29, 0.717) is 19.0 Å². The first-order valence-corrected chi connectivity index (χ1v) is 9.69. The number of rotatable bonds is 6. The maximum absolute atomic E-state index is 12.0. The smallest absolute Gasteiger partial charge is 0.225 e. The number of aliphatic imine (C=N–C) groups is 1. The molecule has 2 aromatic rings. The minimum Gasteiger partial charge on any atom is -0.370 e. The van der Waals surface area contributed by atoms with E-state index in [-0.39, 0.29) is 11.8 Å². The highest BCUT2D eigenvalue weighted by molar-refractivity contribution is 5.94. The molecule has 2 aromatic carbocycles. The van der Waals surface area contributed by atoms with Crippen molar-refractivity contribution in [1.29, 1.82) is 0 Å². The first kappa shape index (κ1) is 19.7. The summed E-state index contributed by atoms with van der Waals surface area (Å²) in [7, 11) is 3.86. The van der Waals surface area contributed by atoms with Crippen molar-refractivity contribution in [1.82, 2.24) is 10.6 Å². The van der Waals surface area contributed by atoms with Crippen LogP contribution in [-0.2, 0) is 4.79 Å². The number of anilines is 2. The topological polar surface area (TPSA) is 68.8 Å². The molecule has 0 saturated carbocycles. The van der Waals surface area contributed by atoms with Gasteiger partial charge in [0.05, 0.1) is 0 Å². The summed E-state index contributed by atoms with van der Waals surface area (Å²) in [6.45, 7) is 3.59. The fourth-order valence-electron chi connectivity index (χ4n) is 3.42. The van der Waals surface area contributed by atoms with Crippen LogP contribution >= 0.6 is 0 Å². The molecule has 6 nitrogen and oxygen atoms in total. The Morgan fingerprint density at radius 3 is 2.64 bits per heavy atom. The maximum Gasteiger partial charge on any atom is 0.225 e. The molecule has 2 unspecified atom stereocenters. The number of carbonyl (C=O) groups is 1. The Bertz CT molecular complexity index is 821. The van der Waals surface area contributed by atoms with Crippen LogP contribution in [0.25, 0.3) is 0 Å². The molecule has 0 radical (unpaired) electrons. The van der Waals surface area contributed by atoms with Crippen molar-refractivity contribution < 1.29 is 4.79 Å². The van der Waals surface area contributed by atoms with Gasteiger partial charge in [-0.3, -0.25) is 9.79 Å². The normalized spacial score (nSPS) is 17.3. The summed E-state index contributed by atoms with van der Waals surface area (Å²) in [5.41, 5.74) is 3.26. The fraction of sp³-hybridized carbons (Fsp3) is 0.364. The van der Waals surface area contributed by atoms with E-state index in [1.165, 1.54) is 11.3 Å². The van der Waals surface area contributed by atoms with Crippen molar-refractivity contribution in [2.45, 2.75) is 25.3 Å². The first-order valence-electron chi connectivity index (χ1n) is 9.69. The number of carbonyl (C=O) groups excluding carboxylic acids is 1. The van der Waals surface area contributed by atoms with E-state index in [1.54, 1.807) is 7.05 Å². The standard InChI is InChI=1S/C22H29N5O/c1-16(27(3)18-9-5-4-6-10-18)14-24-22(23-2)25-15-17-13-21(28)26-20-12-8-7-11-19(17)20/h4-12,16-17H,13-15H2,1-3H3,(H,26,28)(H2,23,24,25). The van der Waals surface area contributed by atoms with Crippen LogP contribution < -0.4 is 20.9 Å². The molecule has 0 spiro atoms. The first-order chi connectivity index (χ1) is 13.6. The second-order valence-electron chi connectivity index (χ2n) is 7.17. The van der Waals surface area contributed by atoms with Gasteiger partial charge in [-0.05, 0) is 30.7 Å². The molecule has 2 atom stereocenters. The number of amides is 1. The largest absolute Gasteiger partial charge is 0.370 e. The molecule has 0 aromatic heterocycles. The monoisotopic (exact) mass is 379 g/mol. The summed E-state index contributed by atoms with van der Waals surface area (Å²) in [6.07, 6.45) is 0.480. The predicted molar refractivity (Wildman–Crippen MR) is 116 cm³/mol. The summed E-state index contributed by atoms with van der Waals surface area (Å²) >= 11 is 0. The number of fused-ring (bicyclic) bond motifs is 1. The van der Waals surface area contributed by atoms with Crippen LogP contribution in [0.4, 0.5) is 11.4 Å². The van der Waals surface area contributed by atoms with Crippen LogP contribution in [0.5, 0.6) is 0 Å². The Morgan fingerprint density at radius 2 is 1.89 bits per heavy atom. The molecule has 0 saturated heterocycles. The van der Waals surface area contributed by atoms with Gasteiger partial charge in [-0.2, -0.15) is 0 Å². The van der Waals surface area contributed by atoms with Gasteiger partial charge in [-0.25, -0.2) is 0 Å². The van der Waals surface area contributed by atoms with Gasteiger partial charge < -0.3 is 20.9 Å². The Kier molecular flexibility index (Phi) is 6.53. The third-order valence-corrected chi connectivity index (χ3v) is 5.24. The molecule has 0 bridgehead atoms. The summed E-state index contributed by atoms with van der Waals surface area (Å²) < 4.78 is 0. The van der Waals surface area contributed by atoms with Crippen molar-refractivity contribution in [3.8, 4) is 0 Å². The van der Waals surface area contributed by atoms with E-state index in [4.69, 9.17) is 0 Å². The molecule has 1 amide bonds. The van der Waals surface area contributed by atoms with Gasteiger partial charge in [0, 0.05) is 56.9 Å². The van der Waals surface area contributed by atoms with Gasteiger partial charge in [0.1, 0.15) is 0 Å². The zero-order chi connectivity index (χ0) is 19.9. The van der Waals surface area contributed by atoms with Crippen molar-refractivity contribution in [2.24, 2.45) is 4.99 Å². The van der Waals surface area contributed by atoms with E-state index in [0.717, 1.165) is 18.2 Å². The minimum absolute atomic E-state index is 0.0616. The highest BCUT2D eigenvalue weighted by atomic mass is 16.1. The highest BCUT2D eigenvalue weighted by Gasteiger charge is 2.24. The van der Waals surface area contributed by atoms with E-state index < -0.39 is 0 Å². The minimum atomic E-state index is 0.0616. The zero-order valence-electron chi connectivity index (χ0n) is 16.8. The van der Waals surface area contributed by atoms with Crippen LogP contribution in [0.2, 0.25) is 0 Å². The lowest BCUT2D eigenvalue weighted by Crippen LogP contribution is -2.46. The average molecular weight is 380 g/mol. The number of guanidine groups is 1. The second kappa shape index (κ2) is 9.26. The van der Waals surface area contributed by atoms with E-state index in [1.807, 2.05) is 36.4 Å². The van der Waals surface area contributed by atoms with Gasteiger partial charge in [0.15, 0.2) is 5.96 Å². The average Bonchev–Trinajstić information content (AvgIpc) is 2.73. The molecule has 3 rings (SSSR count). The molecular weight excluding hydrogens is 350 g/mol. The van der Waals surface area contributed by atoms with Crippen LogP contribution in [0.1, 0.15) is 24.8 Å². The quantitative estimate of drug-likeness (QED) is 0.533. The summed E-state index contributed by atoms with van der Waals surface area (Å²) in [6, 6.07) is 18.6. The molecule has 6 heteroatoms. The summed E-state index contributed by atoms with van der Waals surface area (Å²) in [5, 5.41) is 9.71. The molecule has 1 aliphatic rings. The van der Waals surface area contributed by atoms with Crippen molar-refractivity contribution in [3.63, 3.8) is 0 Å². The molecular formula is C22H29N5O. The predicted octanol–water partition coefficient (Wildman–Crippen LogP) is 2.80. The number of nitrogens with zero attached hydrogens (tertiary/aromatic N) is 2. The van der Waals surface area contributed by atoms with Crippen LogP contribution in [0, 0.1) is 0 Å². The highest BCUT2D eigenvalue weighted by Crippen LogP contribution is 2.31. The lowest BCUT2D eigenvalue weighted by Gasteiger charge is -2.29. The Labute approximate surface area is 167 Å². The maximum atomic E-state index is 12.0. The Balaban J connectivity index is 1.53. The SMILES string of the molecule is CN=C(NCC1CC(=O)Nc2ccccc21)NCC(C)N(C)c1ccccc1. The van der Waals surface area contributed by atoms with Gasteiger partial charge >= 0.3 is 0 Å². The third-order valence-electron chi connectivity index (χ3n) is 5.24.